The Kier molecular flexibility index (Phi) is 7.23. The van der Waals surface area contributed by atoms with Gasteiger partial charge in [0.05, 0.1) is 6.61 Å². The fraction of sp³-hybridized carbons (Fsp3) is 0.316. The molecule has 0 amide bonds. The van der Waals surface area contributed by atoms with Gasteiger partial charge < -0.3 is 15.4 Å². The Labute approximate surface area is 142 Å². The van der Waals surface area contributed by atoms with Gasteiger partial charge in [0, 0.05) is 27.2 Å². The lowest BCUT2D eigenvalue weighted by atomic mass is 10.1. The summed E-state index contributed by atoms with van der Waals surface area (Å²) < 4.78 is 18.2. The summed E-state index contributed by atoms with van der Waals surface area (Å²) >= 11 is 0. The van der Waals surface area contributed by atoms with Crippen LogP contribution >= 0.6 is 0 Å². The lowest BCUT2D eigenvalue weighted by molar-refractivity contribution is 0.185. The van der Waals surface area contributed by atoms with E-state index in [1.807, 2.05) is 6.07 Å². The number of nitrogens with zero attached hydrogens (tertiary/aromatic N) is 1. The Balaban J connectivity index is 1.76. The molecule has 4 nitrogen and oxygen atoms in total. The Morgan fingerprint density at radius 3 is 2.46 bits per heavy atom. The zero-order chi connectivity index (χ0) is 17.2. The minimum Gasteiger partial charge on any atom is -0.380 e. The van der Waals surface area contributed by atoms with E-state index in [0.717, 1.165) is 23.5 Å². The Bertz CT molecular complexity index is 656. The fourth-order valence-corrected chi connectivity index (χ4v) is 2.34. The largest absolute Gasteiger partial charge is 0.380 e. The lowest BCUT2D eigenvalue weighted by Crippen LogP contribution is -2.37. The summed E-state index contributed by atoms with van der Waals surface area (Å²) in [4.78, 5) is 4.20. The molecule has 0 saturated heterocycles. The summed E-state index contributed by atoms with van der Waals surface area (Å²) in [5, 5.41) is 6.50. The summed E-state index contributed by atoms with van der Waals surface area (Å²) in [6, 6.07) is 14.9. The van der Waals surface area contributed by atoms with Crippen LogP contribution < -0.4 is 10.6 Å². The van der Waals surface area contributed by atoms with E-state index >= 15 is 0 Å². The van der Waals surface area contributed by atoms with Crippen LogP contribution in [-0.4, -0.2) is 26.7 Å². The molecule has 24 heavy (non-hydrogen) atoms. The zero-order valence-corrected chi connectivity index (χ0v) is 14.2. The first-order valence-electron chi connectivity index (χ1n) is 7.97. The van der Waals surface area contributed by atoms with Gasteiger partial charge in [-0.05, 0) is 35.2 Å². The van der Waals surface area contributed by atoms with Gasteiger partial charge in [-0.1, -0.05) is 36.4 Å². The number of nitrogens with one attached hydrogen (secondary N) is 2. The molecule has 0 heterocycles. The third-order valence-electron chi connectivity index (χ3n) is 3.61. The first kappa shape index (κ1) is 17.9. The quantitative estimate of drug-likeness (QED) is 0.606. The first-order chi connectivity index (χ1) is 11.7. The number of halogens is 1. The van der Waals surface area contributed by atoms with Crippen molar-refractivity contribution in [2.75, 3.05) is 20.7 Å². The lowest BCUT2D eigenvalue weighted by Gasteiger charge is -2.12. The second-order valence-corrected chi connectivity index (χ2v) is 5.48. The zero-order valence-electron chi connectivity index (χ0n) is 14.2. The molecule has 0 saturated carbocycles. The number of ether oxygens (including phenoxy) is 1. The van der Waals surface area contributed by atoms with Crippen LogP contribution in [-0.2, 0) is 24.3 Å². The third-order valence-corrected chi connectivity index (χ3v) is 3.61. The van der Waals surface area contributed by atoms with Crippen LogP contribution in [0.1, 0.15) is 16.7 Å². The van der Waals surface area contributed by atoms with E-state index in [-0.39, 0.29) is 5.82 Å². The first-order valence-corrected chi connectivity index (χ1v) is 7.97. The van der Waals surface area contributed by atoms with Crippen molar-refractivity contribution < 1.29 is 9.13 Å². The summed E-state index contributed by atoms with van der Waals surface area (Å²) in [5.41, 5.74) is 3.29. The van der Waals surface area contributed by atoms with Crippen LogP contribution in [0.15, 0.2) is 53.5 Å². The maximum Gasteiger partial charge on any atom is 0.191 e. The molecule has 2 aromatic carbocycles. The Morgan fingerprint density at radius 1 is 1.04 bits per heavy atom. The molecule has 128 valence electrons. The van der Waals surface area contributed by atoms with Crippen molar-refractivity contribution >= 4 is 5.96 Å². The molecule has 2 N–H and O–H groups in total. The number of benzene rings is 2. The monoisotopic (exact) mass is 329 g/mol. The van der Waals surface area contributed by atoms with Gasteiger partial charge in [0.25, 0.3) is 0 Å². The molecule has 0 spiro atoms. The molecule has 0 aliphatic heterocycles. The summed E-state index contributed by atoms with van der Waals surface area (Å²) in [6.07, 6.45) is 0.740. The van der Waals surface area contributed by atoms with Gasteiger partial charge in [0.15, 0.2) is 5.96 Å². The molecule has 0 unspecified atom stereocenters. The van der Waals surface area contributed by atoms with Crippen LogP contribution in [0.2, 0.25) is 0 Å². The van der Waals surface area contributed by atoms with Gasteiger partial charge in [-0.15, -0.1) is 0 Å². The van der Waals surface area contributed by atoms with Crippen LogP contribution in [0.5, 0.6) is 0 Å². The highest BCUT2D eigenvalue weighted by Gasteiger charge is 2.00. The van der Waals surface area contributed by atoms with Crippen LogP contribution in [0.4, 0.5) is 4.39 Å². The predicted octanol–water partition coefficient (Wildman–Crippen LogP) is 2.88. The number of hydrogen-bond acceptors (Lipinski definition) is 2. The highest BCUT2D eigenvalue weighted by molar-refractivity contribution is 5.79. The minimum atomic E-state index is -0.202. The molecule has 5 heteroatoms. The standard InChI is InChI=1S/C19H24FN3O/c1-21-19(22-11-10-15-4-3-5-18(20)12-15)23-13-16-6-8-17(9-7-16)14-24-2/h3-9,12H,10-11,13-14H2,1-2H3,(H2,21,22,23). The average molecular weight is 329 g/mol. The number of aliphatic imine (C=N–C) groups is 1. The molecule has 0 radical (unpaired) electrons. The predicted molar refractivity (Wildman–Crippen MR) is 95.5 cm³/mol. The number of hydrogen-bond donors (Lipinski definition) is 2. The fourth-order valence-electron chi connectivity index (χ4n) is 2.34. The topological polar surface area (TPSA) is 45.7 Å². The highest BCUT2D eigenvalue weighted by atomic mass is 19.1. The van der Waals surface area contributed by atoms with E-state index < -0.39 is 0 Å². The van der Waals surface area contributed by atoms with E-state index in [1.54, 1.807) is 26.3 Å². The van der Waals surface area contributed by atoms with Crippen molar-refractivity contribution in [3.63, 3.8) is 0 Å². The van der Waals surface area contributed by atoms with Gasteiger partial charge in [-0.25, -0.2) is 4.39 Å². The molecule has 0 aliphatic rings. The molecule has 0 atom stereocenters. The number of guanidine groups is 1. The Morgan fingerprint density at radius 2 is 1.79 bits per heavy atom. The SMILES string of the molecule is CN=C(NCCc1cccc(F)c1)NCc1ccc(COC)cc1. The summed E-state index contributed by atoms with van der Waals surface area (Å²) in [7, 11) is 3.42. The maximum atomic E-state index is 13.1. The number of rotatable bonds is 7. The smallest absolute Gasteiger partial charge is 0.191 e. The summed E-state index contributed by atoms with van der Waals surface area (Å²) in [6.45, 7) is 2.00. The highest BCUT2D eigenvalue weighted by Crippen LogP contribution is 2.05. The van der Waals surface area contributed by atoms with Gasteiger partial charge >= 0.3 is 0 Å². The molecule has 0 bridgehead atoms. The number of methoxy groups -OCH3 is 1. The van der Waals surface area contributed by atoms with Crippen molar-refractivity contribution in [3.05, 3.63) is 71.0 Å². The van der Waals surface area contributed by atoms with Crippen molar-refractivity contribution in [2.45, 2.75) is 19.6 Å². The minimum absolute atomic E-state index is 0.202. The van der Waals surface area contributed by atoms with E-state index in [9.17, 15) is 4.39 Å². The van der Waals surface area contributed by atoms with Crippen molar-refractivity contribution in [1.82, 2.24) is 10.6 Å². The van der Waals surface area contributed by atoms with E-state index in [2.05, 4.69) is 39.9 Å². The van der Waals surface area contributed by atoms with Gasteiger partial charge in [0.1, 0.15) is 5.82 Å². The van der Waals surface area contributed by atoms with Crippen molar-refractivity contribution in [3.8, 4) is 0 Å². The normalized spacial score (nSPS) is 11.4. The average Bonchev–Trinajstić information content (AvgIpc) is 2.59. The van der Waals surface area contributed by atoms with Crippen molar-refractivity contribution in [2.24, 2.45) is 4.99 Å². The second kappa shape index (κ2) is 9.67. The second-order valence-electron chi connectivity index (χ2n) is 5.48. The van der Waals surface area contributed by atoms with Crippen LogP contribution in [0, 0.1) is 5.82 Å². The van der Waals surface area contributed by atoms with Crippen molar-refractivity contribution in [1.29, 1.82) is 0 Å². The van der Waals surface area contributed by atoms with Gasteiger partial charge in [0.2, 0.25) is 0 Å². The molecular formula is C19H24FN3O. The van der Waals surface area contributed by atoms with Crippen LogP contribution in [0.25, 0.3) is 0 Å². The molecule has 0 aliphatic carbocycles. The van der Waals surface area contributed by atoms with Gasteiger partial charge in [-0.3, -0.25) is 4.99 Å². The Hall–Kier alpha value is -2.40. The molecular weight excluding hydrogens is 305 g/mol. The van der Waals surface area contributed by atoms with E-state index in [1.165, 1.54) is 11.6 Å². The maximum absolute atomic E-state index is 13.1. The summed E-state index contributed by atoms with van der Waals surface area (Å²) in [5.74, 6) is 0.527. The molecule has 2 aromatic rings. The van der Waals surface area contributed by atoms with Gasteiger partial charge in [-0.2, -0.15) is 0 Å². The van der Waals surface area contributed by atoms with Crippen LogP contribution in [0.3, 0.4) is 0 Å². The van der Waals surface area contributed by atoms with E-state index in [4.69, 9.17) is 4.74 Å². The van der Waals surface area contributed by atoms with E-state index in [0.29, 0.717) is 19.7 Å². The third kappa shape index (κ3) is 6.01. The molecule has 2 rings (SSSR count). The molecule has 0 fully saturated rings. The molecule has 0 aromatic heterocycles.